The highest BCUT2D eigenvalue weighted by atomic mass is 16.2. The highest BCUT2D eigenvalue weighted by Gasteiger charge is 2.38. The standard InChI is InChI=1S/C11H16N4O/c1-7-9(11(16)13-12)10(15-14-7)8-5-3-2-4-6-8/h2-7,9-10,14-15H,12H2,1H3,(H,13,16). The molecule has 0 radical (unpaired) electrons. The van der Waals surface area contributed by atoms with E-state index in [0.717, 1.165) is 5.56 Å². The van der Waals surface area contributed by atoms with Crippen LogP contribution in [0.2, 0.25) is 0 Å². The van der Waals surface area contributed by atoms with Crippen molar-refractivity contribution in [1.29, 1.82) is 0 Å². The van der Waals surface area contributed by atoms with E-state index in [4.69, 9.17) is 5.84 Å². The molecule has 1 saturated heterocycles. The van der Waals surface area contributed by atoms with Crippen molar-refractivity contribution < 1.29 is 4.79 Å². The second-order valence-corrected chi connectivity index (χ2v) is 4.00. The van der Waals surface area contributed by atoms with Gasteiger partial charge in [0.2, 0.25) is 5.91 Å². The average molecular weight is 220 g/mol. The van der Waals surface area contributed by atoms with Crippen molar-refractivity contribution in [2.45, 2.75) is 19.0 Å². The van der Waals surface area contributed by atoms with Gasteiger partial charge in [-0.2, -0.15) is 0 Å². The lowest BCUT2D eigenvalue weighted by atomic mass is 9.90. The monoisotopic (exact) mass is 220 g/mol. The number of nitrogens with two attached hydrogens (primary N) is 1. The Hall–Kier alpha value is -1.43. The zero-order valence-corrected chi connectivity index (χ0v) is 9.10. The molecule has 5 nitrogen and oxygen atoms in total. The van der Waals surface area contributed by atoms with Crippen molar-refractivity contribution in [3.63, 3.8) is 0 Å². The highest BCUT2D eigenvalue weighted by molar-refractivity contribution is 5.80. The van der Waals surface area contributed by atoms with Crippen molar-refractivity contribution in [3.8, 4) is 0 Å². The van der Waals surface area contributed by atoms with E-state index in [2.05, 4.69) is 16.3 Å². The van der Waals surface area contributed by atoms with Gasteiger partial charge in [-0.15, -0.1) is 0 Å². The van der Waals surface area contributed by atoms with Crippen LogP contribution in [0.5, 0.6) is 0 Å². The molecule has 16 heavy (non-hydrogen) atoms. The van der Waals surface area contributed by atoms with Gasteiger partial charge < -0.3 is 0 Å². The molecule has 5 heteroatoms. The van der Waals surface area contributed by atoms with Crippen LogP contribution >= 0.6 is 0 Å². The lowest BCUT2D eigenvalue weighted by Crippen LogP contribution is -2.41. The van der Waals surface area contributed by atoms with Crippen LogP contribution in [0.4, 0.5) is 0 Å². The number of hydrogen-bond acceptors (Lipinski definition) is 4. The van der Waals surface area contributed by atoms with Crippen molar-refractivity contribution in [2.75, 3.05) is 0 Å². The zero-order valence-electron chi connectivity index (χ0n) is 9.10. The van der Waals surface area contributed by atoms with Crippen LogP contribution in [-0.4, -0.2) is 11.9 Å². The molecular formula is C11H16N4O. The predicted octanol–water partition coefficient (Wildman–Crippen LogP) is -0.170. The van der Waals surface area contributed by atoms with Gasteiger partial charge in [-0.3, -0.25) is 15.6 Å². The summed E-state index contributed by atoms with van der Waals surface area (Å²) in [5.74, 6) is 4.84. The Balaban J connectivity index is 2.24. The Bertz CT molecular complexity index is 368. The van der Waals surface area contributed by atoms with E-state index < -0.39 is 0 Å². The summed E-state index contributed by atoms with van der Waals surface area (Å²) in [5, 5.41) is 0. The van der Waals surface area contributed by atoms with E-state index in [1.54, 1.807) is 0 Å². The number of carbonyl (C=O) groups excluding carboxylic acids is 1. The Morgan fingerprint density at radius 2 is 2.00 bits per heavy atom. The van der Waals surface area contributed by atoms with Gasteiger partial charge in [-0.25, -0.2) is 11.3 Å². The van der Waals surface area contributed by atoms with E-state index in [9.17, 15) is 4.79 Å². The summed E-state index contributed by atoms with van der Waals surface area (Å²) in [5.41, 5.74) is 9.48. The van der Waals surface area contributed by atoms with Crippen molar-refractivity contribution >= 4 is 5.91 Å². The number of benzene rings is 1. The number of rotatable bonds is 2. The molecule has 0 spiro atoms. The molecule has 0 bridgehead atoms. The molecule has 0 aliphatic carbocycles. The third-order valence-electron chi connectivity index (χ3n) is 2.97. The summed E-state index contributed by atoms with van der Waals surface area (Å²) in [6.07, 6.45) is 0. The molecule has 1 heterocycles. The number of amides is 1. The maximum absolute atomic E-state index is 11.7. The molecule has 1 aliphatic rings. The van der Waals surface area contributed by atoms with Crippen LogP contribution in [0.25, 0.3) is 0 Å². The molecule has 3 atom stereocenters. The minimum atomic E-state index is -0.201. The number of nitrogens with one attached hydrogen (secondary N) is 3. The molecule has 1 aromatic carbocycles. The lowest BCUT2D eigenvalue weighted by molar-refractivity contribution is -0.125. The molecule has 86 valence electrons. The van der Waals surface area contributed by atoms with E-state index in [1.165, 1.54) is 0 Å². The SMILES string of the molecule is CC1NNC(c2ccccc2)C1C(=O)NN. The molecule has 1 aliphatic heterocycles. The zero-order chi connectivity index (χ0) is 11.5. The molecule has 3 unspecified atom stereocenters. The Labute approximate surface area is 94.3 Å². The third-order valence-corrected chi connectivity index (χ3v) is 2.97. The average Bonchev–Trinajstić information content (AvgIpc) is 2.71. The van der Waals surface area contributed by atoms with Crippen molar-refractivity contribution in [3.05, 3.63) is 35.9 Å². The van der Waals surface area contributed by atoms with E-state index in [1.807, 2.05) is 37.3 Å². The first-order chi connectivity index (χ1) is 7.74. The lowest BCUT2D eigenvalue weighted by Gasteiger charge is -2.19. The van der Waals surface area contributed by atoms with Gasteiger partial charge in [0.15, 0.2) is 0 Å². The van der Waals surface area contributed by atoms with Crippen LogP contribution in [0, 0.1) is 5.92 Å². The second kappa shape index (κ2) is 4.61. The van der Waals surface area contributed by atoms with Crippen molar-refractivity contribution in [1.82, 2.24) is 16.3 Å². The van der Waals surface area contributed by atoms with Gasteiger partial charge >= 0.3 is 0 Å². The van der Waals surface area contributed by atoms with Gasteiger partial charge in [-0.1, -0.05) is 30.3 Å². The fraction of sp³-hybridized carbons (Fsp3) is 0.364. The highest BCUT2D eigenvalue weighted by Crippen LogP contribution is 2.28. The molecule has 0 aromatic heterocycles. The molecule has 0 saturated carbocycles. The fourth-order valence-corrected chi connectivity index (χ4v) is 2.12. The van der Waals surface area contributed by atoms with Crippen LogP contribution < -0.4 is 22.1 Å². The summed E-state index contributed by atoms with van der Waals surface area (Å²) in [6, 6.07) is 9.86. The Morgan fingerprint density at radius 3 is 2.62 bits per heavy atom. The van der Waals surface area contributed by atoms with E-state index >= 15 is 0 Å². The third kappa shape index (κ3) is 1.92. The number of hydrazine groups is 2. The first-order valence-corrected chi connectivity index (χ1v) is 5.30. The minimum Gasteiger partial charge on any atom is -0.294 e. The summed E-state index contributed by atoms with van der Waals surface area (Å²) in [7, 11) is 0. The predicted molar refractivity (Wildman–Crippen MR) is 60.7 cm³/mol. The number of hydrogen-bond donors (Lipinski definition) is 4. The quantitative estimate of drug-likeness (QED) is 0.317. The van der Waals surface area contributed by atoms with Gasteiger partial charge in [-0.05, 0) is 12.5 Å². The molecule has 5 N–H and O–H groups in total. The fourth-order valence-electron chi connectivity index (χ4n) is 2.12. The summed E-state index contributed by atoms with van der Waals surface area (Å²) >= 11 is 0. The first kappa shape index (κ1) is 11.1. The first-order valence-electron chi connectivity index (χ1n) is 5.30. The van der Waals surface area contributed by atoms with Gasteiger partial charge in [0.1, 0.15) is 0 Å². The molecule has 1 fully saturated rings. The summed E-state index contributed by atoms with van der Waals surface area (Å²) < 4.78 is 0. The molecule has 1 aromatic rings. The number of carbonyl (C=O) groups is 1. The molecular weight excluding hydrogens is 204 g/mol. The second-order valence-electron chi connectivity index (χ2n) is 4.00. The topological polar surface area (TPSA) is 79.2 Å². The van der Waals surface area contributed by atoms with E-state index in [0.29, 0.717) is 0 Å². The Kier molecular flexibility index (Phi) is 3.19. The smallest absolute Gasteiger partial charge is 0.240 e. The summed E-state index contributed by atoms with van der Waals surface area (Å²) in [4.78, 5) is 11.7. The maximum Gasteiger partial charge on any atom is 0.240 e. The maximum atomic E-state index is 11.7. The van der Waals surface area contributed by atoms with Crippen molar-refractivity contribution in [2.24, 2.45) is 11.8 Å². The van der Waals surface area contributed by atoms with Crippen LogP contribution in [0.3, 0.4) is 0 Å². The molecule has 2 rings (SSSR count). The van der Waals surface area contributed by atoms with E-state index in [-0.39, 0.29) is 23.9 Å². The van der Waals surface area contributed by atoms with Crippen LogP contribution in [-0.2, 0) is 4.79 Å². The minimum absolute atomic E-state index is 0.0419. The van der Waals surface area contributed by atoms with Gasteiger partial charge in [0.25, 0.3) is 0 Å². The van der Waals surface area contributed by atoms with Crippen LogP contribution in [0.1, 0.15) is 18.5 Å². The van der Waals surface area contributed by atoms with Gasteiger partial charge in [0.05, 0.1) is 12.0 Å². The Morgan fingerprint density at radius 1 is 1.31 bits per heavy atom. The normalized spacial score (nSPS) is 29.0. The van der Waals surface area contributed by atoms with Gasteiger partial charge in [0, 0.05) is 6.04 Å². The van der Waals surface area contributed by atoms with Crippen LogP contribution in [0.15, 0.2) is 30.3 Å². The molecule has 1 amide bonds. The largest absolute Gasteiger partial charge is 0.294 e. The summed E-state index contributed by atoms with van der Waals surface area (Å²) in [6.45, 7) is 1.95.